The number of para-hydroxylation sites is 1. The normalized spacial score (nSPS) is 10.3. The Morgan fingerprint density at radius 3 is 2.32 bits per heavy atom. The maximum Gasteiger partial charge on any atom is 0.259 e. The van der Waals surface area contributed by atoms with Gasteiger partial charge in [0.2, 0.25) is 0 Å². The molecule has 1 aromatic carbocycles. The number of aromatic nitrogens is 2. The number of nitrogens with zero attached hydrogens (tertiary/aromatic N) is 2. The van der Waals surface area contributed by atoms with Gasteiger partial charge in [-0.25, -0.2) is 9.97 Å². The number of hydrogen-bond donors (Lipinski definition) is 1. The Balaban J connectivity index is 2.31. The lowest BCUT2D eigenvalue weighted by atomic mass is 10.1. The van der Waals surface area contributed by atoms with Crippen LogP contribution in [0.1, 0.15) is 33.0 Å². The molecule has 0 aliphatic heterocycles. The zero-order valence-corrected chi connectivity index (χ0v) is 11.6. The molecule has 98 valence electrons. The van der Waals surface area contributed by atoms with Crippen LogP contribution in [0, 0.1) is 27.7 Å². The number of aryl methyl sites for hydroxylation is 4. The first-order valence-electron chi connectivity index (χ1n) is 6.17. The first kappa shape index (κ1) is 13.2. The molecule has 19 heavy (non-hydrogen) atoms. The van der Waals surface area contributed by atoms with Crippen LogP contribution in [0.15, 0.2) is 24.4 Å². The fourth-order valence-electron chi connectivity index (χ4n) is 2.00. The smallest absolute Gasteiger partial charge is 0.259 e. The molecule has 1 heterocycles. The van der Waals surface area contributed by atoms with Crippen molar-refractivity contribution in [2.45, 2.75) is 27.7 Å². The third kappa shape index (κ3) is 2.78. The van der Waals surface area contributed by atoms with Crippen LogP contribution >= 0.6 is 0 Å². The number of rotatable bonds is 2. The van der Waals surface area contributed by atoms with Crippen LogP contribution in [0.25, 0.3) is 0 Å². The monoisotopic (exact) mass is 255 g/mol. The zero-order chi connectivity index (χ0) is 14.0. The topological polar surface area (TPSA) is 54.9 Å². The predicted octanol–water partition coefficient (Wildman–Crippen LogP) is 2.96. The third-order valence-corrected chi connectivity index (χ3v) is 3.06. The highest BCUT2D eigenvalue weighted by molar-refractivity contribution is 6.05. The van der Waals surface area contributed by atoms with Crippen molar-refractivity contribution in [1.29, 1.82) is 0 Å². The Bertz CT molecular complexity index is 615. The van der Waals surface area contributed by atoms with Gasteiger partial charge < -0.3 is 5.32 Å². The van der Waals surface area contributed by atoms with Crippen molar-refractivity contribution in [2.24, 2.45) is 0 Å². The van der Waals surface area contributed by atoms with Gasteiger partial charge in [-0.3, -0.25) is 4.79 Å². The van der Waals surface area contributed by atoms with Crippen LogP contribution in [0.3, 0.4) is 0 Å². The fraction of sp³-hybridized carbons (Fsp3) is 0.267. The van der Waals surface area contributed by atoms with Crippen molar-refractivity contribution in [3.8, 4) is 0 Å². The summed E-state index contributed by atoms with van der Waals surface area (Å²) in [6, 6.07) is 5.92. The summed E-state index contributed by atoms with van der Waals surface area (Å²) in [4.78, 5) is 20.5. The minimum Gasteiger partial charge on any atom is -0.321 e. The summed E-state index contributed by atoms with van der Waals surface area (Å²) in [7, 11) is 0. The lowest BCUT2D eigenvalue weighted by Crippen LogP contribution is -2.16. The minimum absolute atomic E-state index is 0.171. The van der Waals surface area contributed by atoms with E-state index in [9.17, 15) is 4.79 Å². The van der Waals surface area contributed by atoms with Crippen molar-refractivity contribution in [1.82, 2.24) is 9.97 Å². The molecule has 0 unspecified atom stereocenters. The molecule has 0 aliphatic rings. The molecule has 0 fully saturated rings. The summed E-state index contributed by atoms with van der Waals surface area (Å²) in [5, 5.41) is 2.94. The molecule has 1 aromatic heterocycles. The van der Waals surface area contributed by atoms with E-state index < -0.39 is 0 Å². The first-order valence-corrected chi connectivity index (χ1v) is 6.17. The van der Waals surface area contributed by atoms with Gasteiger partial charge in [-0.05, 0) is 38.8 Å². The van der Waals surface area contributed by atoms with Gasteiger partial charge in [-0.15, -0.1) is 0 Å². The first-order chi connectivity index (χ1) is 8.99. The second kappa shape index (κ2) is 5.18. The number of carbonyl (C=O) groups is 1. The highest BCUT2D eigenvalue weighted by atomic mass is 16.1. The van der Waals surface area contributed by atoms with Crippen LogP contribution in [0.5, 0.6) is 0 Å². The second-order valence-electron chi connectivity index (χ2n) is 4.64. The third-order valence-electron chi connectivity index (χ3n) is 3.06. The molecule has 4 nitrogen and oxygen atoms in total. The molecule has 4 heteroatoms. The Kier molecular flexibility index (Phi) is 3.60. The quantitative estimate of drug-likeness (QED) is 0.897. The Labute approximate surface area is 112 Å². The zero-order valence-electron chi connectivity index (χ0n) is 11.6. The number of nitrogens with one attached hydrogen (secondary N) is 1. The summed E-state index contributed by atoms with van der Waals surface area (Å²) >= 11 is 0. The van der Waals surface area contributed by atoms with Gasteiger partial charge >= 0.3 is 0 Å². The van der Waals surface area contributed by atoms with Crippen molar-refractivity contribution in [2.75, 3.05) is 5.32 Å². The molecule has 0 saturated carbocycles. The Morgan fingerprint density at radius 1 is 1.11 bits per heavy atom. The van der Waals surface area contributed by atoms with Crippen molar-refractivity contribution in [3.63, 3.8) is 0 Å². The van der Waals surface area contributed by atoms with E-state index in [1.807, 2.05) is 39.0 Å². The van der Waals surface area contributed by atoms with Gasteiger partial charge in [-0.2, -0.15) is 0 Å². The van der Waals surface area contributed by atoms with E-state index in [1.54, 1.807) is 13.1 Å². The fourth-order valence-corrected chi connectivity index (χ4v) is 2.00. The highest BCUT2D eigenvalue weighted by Gasteiger charge is 2.13. The minimum atomic E-state index is -0.171. The van der Waals surface area contributed by atoms with Crippen molar-refractivity contribution >= 4 is 11.6 Å². The number of anilines is 1. The molecule has 0 bridgehead atoms. The summed E-state index contributed by atoms with van der Waals surface area (Å²) < 4.78 is 0. The molecule has 0 atom stereocenters. The van der Waals surface area contributed by atoms with Gasteiger partial charge in [0.25, 0.3) is 5.91 Å². The average molecular weight is 255 g/mol. The van der Waals surface area contributed by atoms with E-state index in [-0.39, 0.29) is 5.91 Å². The van der Waals surface area contributed by atoms with E-state index in [2.05, 4.69) is 15.3 Å². The molecule has 1 amide bonds. The molecule has 2 rings (SSSR count). The molecule has 2 aromatic rings. The molecule has 0 saturated heterocycles. The van der Waals surface area contributed by atoms with E-state index in [4.69, 9.17) is 0 Å². The molecule has 0 spiro atoms. The van der Waals surface area contributed by atoms with Gasteiger partial charge in [0.05, 0.1) is 11.3 Å². The number of benzene rings is 1. The van der Waals surface area contributed by atoms with Gasteiger partial charge in [0, 0.05) is 11.9 Å². The Morgan fingerprint density at radius 2 is 1.74 bits per heavy atom. The van der Waals surface area contributed by atoms with Crippen LogP contribution in [0.2, 0.25) is 0 Å². The number of hydrogen-bond acceptors (Lipinski definition) is 3. The van der Waals surface area contributed by atoms with Crippen molar-refractivity contribution < 1.29 is 4.79 Å². The summed E-state index contributed by atoms with van der Waals surface area (Å²) in [6.07, 6.45) is 1.57. The summed E-state index contributed by atoms with van der Waals surface area (Å²) in [5.74, 6) is 0.496. The van der Waals surface area contributed by atoms with E-state index in [1.165, 1.54) is 0 Å². The lowest BCUT2D eigenvalue weighted by Gasteiger charge is -2.12. The molecule has 1 N–H and O–H groups in total. The predicted molar refractivity (Wildman–Crippen MR) is 75.4 cm³/mol. The number of carbonyl (C=O) groups excluding carboxylic acids is 1. The van der Waals surface area contributed by atoms with Crippen LogP contribution in [-0.2, 0) is 0 Å². The van der Waals surface area contributed by atoms with Crippen LogP contribution < -0.4 is 5.32 Å². The van der Waals surface area contributed by atoms with Crippen LogP contribution in [0.4, 0.5) is 5.69 Å². The highest BCUT2D eigenvalue weighted by Crippen LogP contribution is 2.20. The van der Waals surface area contributed by atoms with Gasteiger partial charge in [0.1, 0.15) is 5.82 Å². The van der Waals surface area contributed by atoms with Crippen LogP contribution in [-0.4, -0.2) is 15.9 Å². The molecule has 0 aliphatic carbocycles. The van der Waals surface area contributed by atoms with E-state index in [0.29, 0.717) is 17.1 Å². The summed E-state index contributed by atoms with van der Waals surface area (Å²) in [5.41, 5.74) is 4.13. The van der Waals surface area contributed by atoms with E-state index >= 15 is 0 Å². The maximum absolute atomic E-state index is 12.3. The SMILES string of the molecule is Cc1ncc(C(=O)Nc2c(C)cccc2C)c(C)n1. The summed E-state index contributed by atoms with van der Waals surface area (Å²) in [6.45, 7) is 7.57. The van der Waals surface area contributed by atoms with Crippen molar-refractivity contribution in [3.05, 3.63) is 52.6 Å². The van der Waals surface area contributed by atoms with Gasteiger partial charge in [0.15, 0.2) is 0 Å². The standard InChI is InChI=1S/C15H17N3O/c1-9-6-5-7-10(2)14(9)18-15(19)13-8-16-12(4)17-11(13)3/h5-8H,1-4H3,(H,18,19). The number of amides is 1. The van der Waals surface area contributed by atoms with Gasteiger partial charge in [-0.1, -0.05) is 18.2 Å². The Hall–Kier alpha value is -2.23. The second-order valence-corrected chi connectivity index (χ2v) is 4.64. The average Bonchev–Trinajstić information content (AvgIpc) is 2.33. The maximum atomic E-state index is 12.3. The molecular formula is C15H17N3O. The van der Waals surface area contributed by atoms with E-state index in [0.717, 1.165) is 16.8 Å². The largest absolute Gasteiger partial charge is 0.321 e. The molecule has 0 radical (unpaired) electrons. The molecular weight excluding hydrogens is 238 g/mol. The lowest BCUT2D eigenvalue weighted by molar-refractivity contribution is 0.102.